The van der Waals surface area contributed by atoms with Crippen LogP contribution in [0.15, 0.2) is 12.2 Å². The molecule has 2 N–H and O–H groups in total. The van der Waals surface area contributed by atoms with Gasteiger partial charge in [-0.15, -0.1) is 0 Å². The molecule has 0 radical (unpaired) electrons. The van der Waals surface area contributed by atoms with E-state index in [0.29, 0.717) is 0 Å². The fourth-order valence-corrected chi connectivity index (χ4v) is 0.971. The summed E-state index contributed by atoms with van der Waals surface area (Å²) >= 11 is 0. The molecule has 0 aliphatic heterocycles. The van der Waals surface area contributed by atoms with Gasteiger partial charge in [-0.25, -0.2) is 0 Å². The third kappa shape index (κ3) is 2.22. The second-order valence-electron chi connectivity index (χ2n) is 2.62. The molecule has 0 saturated heterocycles. The van der Waals surface area contributed by atoms with E-state index in [1.807, 2.05) is 20.2 Å². The van der Waals surface area contributed by atoms with Crippen LogP contribution in [0.2, 0.25) is 0 Å². The highest BCUT2D eigenvalue weighted by Gasteiger charge is 2.01. The zero-order valence-corrected chi connectivity index (χ0v) is 7.10. The highest BCUT2D eigenvalue weighted by molar-refractivity contribution is 6.48. The summed E-state index contributed by atoms with van der Waals surface area (Å²) in [5.41, 5.74) is 1.76. The molecule has 64 valence electrons. The molecule has 4 nitrogen and oxygen atoms in total. The van der Waals surface area contributed by atoms with Gasteiger partial charge in [0.05, 0.1) is 5.69 Å². The van der Waals surface area contributed by atoms with Crippen LogP contribution in [0.1, 0.15) is 11.3 Å². The first-order valence-corrected chi connectivity index (χ1v) is 3.64. The fraction of sp³-hybridized carbons (Fsp3) is 0.286. The summed E-state index contributed by atoms with van der Waals surface area (Å²) in [7, 11) is 0.421. The maximum atomic E-state index is 8.55. The summed E-state index contributed by atoms with van der Waals surface area (Å²) in [6.45, 7) is 1.86. The maximum absolute atomic E-state index is 8.55. The van der Waals surface area contributed by atoms with Gasteiger partial charge in [0.15, 0.2) is 0 Å². The molecule has 1 aromatic rings. The highest BCUT2D eigenvalue weighted by atomic mass is 16.4. The Bertz CT molecular complexity index is 294. The Balaban J connectivity index is 2.81. The first-order valence-electron chi connectivity index (χ1n) is 3.64. The maximum Gasteiger partial charge on any atom is 0.480 e. The molecule has 1 rings (SSSR count). The van der Waals surface area contributed by atoms with Crippen molar-refractivity contribution in [3.63, 3.8) is 0 Å². The van der Waals surface area contributed by atoms with E-state index in [9.17, 15) is 0 Å². The van der Waals surface area contributed by atoms with Gasteiger partial charge in [-0.3, -0.25) is 4.68 Å². The van der Waals surface area contributed by atoms with Crippen molar-refractivity contribution in [2.75, 3.05) is 0 Å². The van der Waals surface area contributed by atoms with E-state index in [4.69, 9.17) is 10.0 Å². The molecular weight excluding hydrogens is 155 g/mol. The van der Waals surface area contributed by atoms with Crippen molar-refractivity contribution in [3.8, 4) is 0 Å². The Morgan fingerprint density at radius 3 is 2.67 bits per heavy atom. The third-order valence-electron chi connectivity index (χ3n) is 1.50. The SMILES string of the molecule is Cc1nn(C)cc1/C=C/B(O)O. The van der Waals surface area contributed by atoms with Crippen molar-refractivity contribution in [1.29, 1.82) is 0 Å². The summed E-state index contributed by atoms with van der Waals surface area (Å²) in [6, 6.07) is 0. The van der Waals surface area contributed by atoms with Crippen LogP contribution >= 0.6 is 0 Å². The lowest BCUT2D eigenvalue weighted by Gasteiger charge is -1.87. The van der Waals surface area contributed by atoms with Crippen LogP contribution in [0.4, 0.5) is 0 Å². The Morgan fingerprint density at radius 2 is 2.25 bits per heavy atom. The number of nitrogens with zero attached hydrogens (tertiary/aromatic N) is 2. The lowest BCUT2D eigenvalue weighted by Crippen LogP contribution is -2.05. The lowest BCUT2D eigenvalue weighted by molar-refractivity contribution is 0.424. The zero-order chi connectivity index (χ0) is 9.14. The fourth-order valence-electron chi connectivity index (χ4n) is 0.971. The zero-order valence-electron chi connectivity index (χ0n) is 7.10. The van der Waals surface area contributed by atoms with E-state index in [0.717, 1.165) is 11.3 Å². The van der Waals surface area contributed by atoms with E-state index >= 15 is 0 Å². The first-order chi connectivity index (χ1) is 5.59. The Kier molecular flexibility index (Phi) is 2.67. The van der Waals surface area contributed by atoms with Gasteiger partial charge in [0.2, 0.25) is 0 Å². The molecule has 0 aromatic carbocycles. The number of rotatable bonds is 2. The average molecular weight is 166 g/mol. The number of hydrogen-bond donors (Lipinski definition) is 2. The van der Waals surface area contributed by atoms with Gasteiger partial charge in [0.25, 0.3) is 0 Å². The summed E-state index contributed by atoms with van der Waals surface area (Å²) in [5, 5.41) is 21.2. The minimum absolute atomic E-state index is 0.870. The van der Waals surface area contributed by atoms with Crippen LogP contribution in [0.5, 0.6) is 0 Å². The van der Waals surface area contributed by atoms with Crippen molar-refractivity contribution in [2.24, 2.45) is 7.05 Å². The van der Waals surface area contributed by atoms with Gasteiger partial charge in [0.1, 0.15) is 0 Å². The van der Waals surface area contributed by atoms with Crippen LogP contribution in [-0.2, 0) is 7.05 Å². The van der Waals surface area contributed by atoms with Crippen molar-refractivity contribution in [3.05, 3.63) is 23.4 Å². The molecule has 0 bridgehead atoms. The average Bonchev–Trinajstić information content (AvgIpc) is 2.26. The molecule has 0 aliphatic carbocycles. The van der Waals surface area contributed by atoms with E-state index in [2.05, 4.69) is 5.10 Å². The smallest absolute Gasteiger partial charge is 0.424 e. The minimum atomic E-state index is -1.40. The molecule has 5 heteroatoms. The van der Waals surface area contributed by atoms with Gasteiger partial charge in [-0.05, 0) is 6.92 Å². The number of aromatic nitrogens is 2. The van der Waals surface area contributed by atoms with E-state index in [-0.39, 0.29) is 0 Å². The molecule has 0 spiro atoms. The van der Waals surface area contributed by atoms with Crippen LogP contribution in [0.25, 0.3) is 6.08 Å². The number of hydrogen-bond acceptors (Lipinski definition) is 3. The molecule has 0 aliphatic rings. The molecule has 1 aromatic heterocycles. The van der Waals surface area contributed by atoms with Crippen LogP contribution in [0, 0.1) is 6.92 Å². The summed E-state index contributed by atoms with van der Waals surface area (Å²) in [4.78, 5) is 0. The normalized spacial score (nSPS) is 11.0. The van der Waals surface area contributed by atoms with E-state index < -0.39 is 7.12 Å². The molecular formula is C7H11BN2O2. The van der Waals surface area contributed by atoms with Crippen molar-refractivity contribution >= 4 is 13.2 Å². The summed E-state index contributed by atoms with van der Waals surface area (Å²) in [5.74, 6) is 1.30. The Labute approximate surface area is 71.3 Å². The van der Waals surface area contributed by atoms with Gasteiger partial charge in [-0.1, -0.05) is 12.1 Å². The van der Waals surface area contributed by atoms with Crippen molar-refractivity contribution in [2.45, 2.75) is 6.92 Å². The molecule has 0 unspecified atom stereocenters. The molecule has 0 saturated carbocycles. The minimum Gasteiger partial charge on any atom is -0.424 e. The third-order valence-corrected chi connectivity index (χ3v) is 1.50. The topological polar surface area (TPSA) is 58.3 Å². The second kappa shape index (κ2) is 3.56. The standard InChI is InChI=1S/C7H11BN2O2/c1-6-7(3-4-8(11)12)5-10(2)9-6/h3-5,11-12H,1-2H3/b4-3+. The van der Waals surface area contributed by atoms with E-state index in [1.54, 1.807) is 10.8 Å². The predicted octanol–water partition coefficient (Wildman–Crippen LogP) is -0.246. The van der Waals surface area contributed by atoms with E-state index in [1.165, 1.54) is 5.98 Å². The van der Waals surface area contributed by atoms with Gasteiger partial charge < -0.3 is 10.0 Å². The molecule has 0 atom stereocenters. The number of aryl methyl sites for hydroxylation is 2. The summed E-state index contributed by atoms with van der Waals surface area (Å²) in [6.07, 6.45) is 3.45. The molecule has 0 fully saturated rings. The molecule has 0 amide bonds. The van der Waals surface area contributed by atoms with Crippen LogP contribution in [-0.4, -0.2) is 26.9 Å². The lowest BCUT2D eigenvalue weighted by atomic mass is 9.91. The Hall–Kier alpha value is -1.07. The van der Waals surface area contributed by atoms with Crippen molar-refractivity contribution < 1.29 is 10.0 Å². The quantitative estimate of drug-likeness (QED) is 0.595. The largest absolute Gasteiger partial charge is 0.480 e. The van der Waals surface area contributed by atoms with Crippen LogP contribution < -0.4 is 0 Å². The predicted molar refractivity (Wildman–Crippen MR) is 47.2 cm³/mol. The molecule has 1 heterocycles. The Morgan fingerprint density at radius 1 is 1.58 bits per heavy atom. The van der Waals surface area contributed by atoms with Crippen LogP contribution in [0.3, 0.4) is 0 Å². The van der Waals surface area contributed by atoms with Crippen molar-refractivity contribution in [1.82, 2.24) is 9.78 Å². The first kappa shape index (κ1) is 9.03. The summed E-state index contributed by atoms with van der Waals surface area (Å²) < 4.78 is 1.68. The van der Waals surface area contributed by atoms with Gasteiger partial charge in [0, 0.05) is 18.8 Å². The van der Waals surface area contributed by atoms with Gasteiger partial charge >= 0.3 is 7.12 Å². The second-order valence-corrected chi connectivity index (χ2v) is 2.62. The van der Waals surface area contributed by atoms with Gasteiger partial charge in [-0.2, -0.15) is 5.10 Å². The molecule has 12 heavy (non-hydrogen) atoms. The highest BCUT2D eigenvalue weighted by Crippen LogP contribution is 2.06. The monoisotopic (exact) mass is 166 g/mol.